The van der Waals surface area contributed by atoms with Gasteiger partial charge < -0.3 is 5.32 Å². The lowest BCUT2D eigenvalue weighted by molar-refractivity contribution is 0.103. The molecular formula is C19H14N2OS. The lowest BCUT2D eigenvalue weighted by Gasteiger charge is -2.03. The summed E-state index contributed by atoms with van der Waals surface area (Å²) in [5.74, 6) is 5.96. The lowest BCUT2D eigenvalue weighted by atomic mass is 10.2. The molecule has 0 aliphatic heterocycles. The van der Waals surface area contributed by atoms with E-state index in [0.29, 0.717) is 4.88 Å². The summed E-state index contributed by atoms with van der Waals surface area (Å²) < 4.78 is 0. The standard InChI is InChI=1S/C19H14N2OS/c1-14-8-11-18(23-14)19(22)21-17-7-4-5-15(13-17)9-10-16-6-2-3-12-20-16/h2-8,11-13H,1H3,(H,21,22). The number of rotatable bonds is 2. The first-order valence-corrected chi connectivity index (χ1v) is 7.93. The van der Waals surface area contributed by atoms with E-state index >= 15 is 0 Å². The van der Waals surface area contributed by atoms with Crippen molar-refractivity contribution in [2.45, 2.75) is 6.92 Å². The minimum atomic E-state index is -0.0991. The number of hydrogen-bond donors (Lipinski definition) is 1. The van der Waals surface area contributed by atoms with E-state index in [0.717, 1.165) is 21.8 Å². The van der Waals surface area contributed by atoms with Gasteiger partial charge in [-0.25, -0.2) is 4.98 Å². The van der Waals surface area contributed by atoms with Crippen molar-refractivity contribution in [3.8, 4) is 11.8 Å². The summed E-state index contributed by atoms with van der Waals surface area (Å²) in [6.07, 6.45) is 1.71. The van der Waals surface area contributed by atoms with Gasteiger partial charge in [-0.3, -0.25) is 4.79 Å². The minimum Gasteiger partial charge on any atom is -0.321 e. The van der Waals surface area contributed by atoms with Crippen LogP contribution in [0.2, 0.25) is 0 Å². The predicted octanol–water partition coefficient (Wildman–Crippen LogP) is 4.10. The van der Waals surface area contributed by atoms with Crippen LogP contribution < -0.4 is 5.32 Å². The molecule has 0 aliphatic rings. The number of hydrogen-bond acceptors (Lipinski definition) is 3. The maximum Gasteiger partial charge on any atom is 0.265 e. The van der Waals surface area contributed by atoms with Gasteiger partial charge in [0.1, 0.15) is 5.69 Å². The van der Waals surface area contributed by atoms with E-state index in [1.54, 1.807) is 6.20 Å². The highest BCUT2D eigenvalue weighted by Gasteiger charge is 2.08. The number of anilines is 1. The van der Waals surface area contributed by atoms with Gasteiger partial charge in [-0.05, 0) is 55.3 Å². The molecule has 3 rings (SSSR count). The molecule has 0 unspecified atom stereocenters. The van der Waals surface area contributed by atoms with Gasteiger partial charge in [-0.1, -0.05) is 18.1 Å². The zero-order valence-electron chi connectivity index (χ0n) is 12.5. The van der Waals surface area contributed by atoms with Gasteiger partial charge in [0.2, 0.25) is 0 Å². The molecule has 0 radical (unpaired) electrons. The predicted molar refractivity (Wildman–Crippen MR) is 93.7 cm³/mol. The Labute approximate surface area is 139 Å². The summed E-state index contributed by atoms with van der Waals surface area (Å²) in [5.41, 5.74) is 2.28. The highest BCUT2D eigenvalue weighted by molar-refractivity contribution is 7.14. The van der Waals surface area contributed by atoms with Gasteiger partial charge in [0, 0.05) is 22.3 Å². The van der Waals surface area contributed by atoms with E-state index < -0.39 is 0 Å². The van der Waals surface area contributed by atoms with Crippen molar-refractivity contribution < 1.29 is 4.79 Å². The maximum atomic E-state index is 12.2. The molecule has 2 heterocycles. The first-order chi connectivity index (χ1) is 11.2. The third-order valence-corrected chi connectivity index (χ3v) is 4.08. The van der Waals surface area contributed by atoms with Crippen LogP contribution >= 0.6 is 11.3 Å². The van der Waals surface area contributed by atoms with Crippen LogP contribution in [0.15, 0.2) is 60.8 Å². The zero-order chi connectivity index (χ0) is 16.1. The summed E-state index contributed by atoms with van der Waals surface area (Å²) in [5, 5.41) is 2.90. The molecule has 1 amide bonds. The van der Waals surface area contributed by atoms with Gasteiger partial charge in [-0.2, -0.15) is 0 Å². The summed E-state index contributed by atoms with van der Waals surface area (Å²) in [4.78, 5) is 18.2. The number of benzene rings is 1. The number of aromatic nitrogens is 1. The van der Waals surface area contributed by atoms with Gasteiger partial charge in [0.05, 0.1) is 4.88 Å². The normalized spacial score (nSPS) is 9.78. The van der Waals surface area contributed by atoms with E-state index in [1.165, 1.54) is 11.3 Å². The van der Waals surface area contributed by atoms with Gasteiger partial charge >= 0.3 is 0 Å². The number of aryl methyl sites for hydroxylation is 1. The van der Waals surface area contributed by atoms with Crippen molar-refractivity contribution in [3.05, 3.63) is 81.8 Å². The fourth-order valence-corrected chi connectivity index (χ4v) is 2.76. The number of nitrogens with zero attached hydrogens (tertiary/aromatic N) is 1. The first-order valence-electron chi connectivity index (χ1n) is 7.11. The zero-order valence-corrected chi connectivity index (χ0v) is 13.4. The monoisotopic (exact) mass is 318 g/mol. The maximum absolute atomic E-state index is 12.2. The molecule has 0 saturated heterocycles. The highest BCUT2D eigenvalue weighted by Crippen LogP contribution is 2.17. The molecule has 2 aromatic heterocycles. The van der Waals surface area contributed by atoms with Crippen LogP contribution in [-0.2, 0) is 0 Å². The Hall–Kier alpha value is -2.90. The van der Waals surface area contributed by atoms with Crippen LogP contribution in [-0.4, -0.2) is 10.9 Å². The van der Waals surface area contributed by atoms with Crippen LogP contribution in [0.3, 0.4) is 0 Å². The fourth-order valence-electron chi connectivity index (χ4n) is 2.00. The Morgan fingerprint density at radius 1 is 1.09 bits per heavy atom. The van der Waals surface area contributed by atoms with Gasteiger partial charge in [0.15, 0.2) is 0 Å². The van der Waals surface area contributed by atoms with Crippen LogP contribution in [0.25, 0.3) is 0 Å². The molecule has 4 heteroatoms. The summed E-state index contributed by atoms with van der Waals surface area (Å²) in [6.45, 7) is 1.98. The Morgan fingerprint density at radius 3 is 2.74 bits per heavy atom. The molecule has 23 heavy (non-hydrogen) atoms. The van der Waals surface area contributed by atoms with Crippen molar-refractivity contribution in [2.24, 2.45) is 0 Å². The fraction of sp³-hybridized carbons (Fsp3) is 0.0526. The van der Waals surface area contributed by atoms with E-state index in [4.69, 9.17) is 0 Å². The second-order valence-electron chi connectivity index (χ2n) is 4.91. The molecule has 0 spiro atoms. The average molecular weight is 318 g/mol. The molecule has 0 saturated carbocycles. The van der Waals surface area contributed by atoms with Crippen LogP contribution in [0.1, 0.15) is 25.8 Å². The molecule has 0 bridgehead atoms. The average Bonchev–Trinajstić information content (AvgIpc) is 3.01. The van der Waals surface area contributed by atoms with E-state index in [2.05, 4.69) is 22.1 Å². The first kappa shape index (κ1) is 15.0. The SMILES string of the molecule is Cc1ccc(C(=O)Nc2cccc(C#Cc3ccccn3)c2)s1. The van der Waals surface area contributed by atoms with E-state index in [9.17, 15) is 4.79 Å². The van der Waals surface area contributed by atoms with E-state index in [-0.39, 0.29) is 5.91 Å². The second-order valence-corrected chi connectivity index (χ2v) is 6.20. The topological polar surface area (TPSA) is 42.0 Å². The molecule has 3 aromatic rings. The Kier molecular flexibility index (Phi) is 4.51. The van der Waals surface area contributed by atoms with Crippen molar-refractivity contribution in [3.63, 3.8) is 0 Å². The molecule has 0 fully saturated rings. The molecule has 1 N–H and O–H groups in total. The quantitative estimate of drug-likeness (QED) is 0.723. The third kappa shape index (κ3) is 4.06. The third-order valence-electron chi connectivity index (χ3n) is 3.08. The Bertz CT molecular complexity index is 888. The van der Waals surface area contributed by atoms with Crippen LogP contribution in [0.5, 0.6) is 0 Å². The van der Waals surface area contributed by atoms with Crippen molar-refractivity contribution in [1.82, 2.24) is 4.98 Å². The van der Waals surface area contributed by atoms with E-state index in [1.807, 2.05) is 61.5 Å². The number of pyridine rings is 1. The van der Waals surface area contributed by atoms with Gasteiger partial charge in [0.25, 0.3) is 5.91 Å². The summed E-state index contributed by atoms with van der Waals surface area (Å²) in [7, 11) is 0. The summed E-state index contributed by atoms with van der Waals surface area (Å²) >= 11 is 1.48. The highest BCUT2D eigenvalue weighted by atomic mass is 32.1. The largest absolute Gasteiger partial charge is 0.321 e. The molecule has 0 atom stereocenters. The van der Waals surface area contributed by atoms with Crippen molar-refractivity contribution in [2.75, 3.05) is 5.32 Å². The number of amides is 1. The Balaban J connectivity index is 1.75. The second kappa shape index (κ2) is 6.91. The summed E-state index contributed by atoms with van der Waals surface area (Å²) in [6, 6.07) is 16.9. The number of carbonyl (C=O) groups excluding carboxylic acids is 1. The molecule has 1 aromatic carbocycles. The number of nitrogens with one attached hydrogen (secondary N) is 1. The minimum absolute atomic E-state index is 0.0991. The van der Waals surface area contributed by atoms with Crippen LogP contribution in [0, 0.1) is 18.8 Å². The lowest BCUT2D eigenvalue weighted by Crippen LogP contribution is -2.09. The van der Waals surface area contributed by atoms with Crippen molar-refractivity contribution >= 4 is 22.9 Å². The molecule has 112 valence electrons. The number of carbonyl (C=O) groups is 1. The van der Waals surface area contributed by atoms with Crippen LogP contribution in [0.4, 0.5) is 5.69 Å². The molecule has 3 nitrogen and oxygen atoms in total. The number of thiophene rings is 1. The smallest absolute Gasteiger partial charge is 0.265 e. The van der Waals surface area contributed by atoms with Crippen molar-refractivity contribution in [1.29, 1.82) is 0 Å². The Morgan fingerprint density at radius 2 is 2.00 bits per heavy atom. The molecular weight excluding hydrogens is 304 g/mol. The molecule has 0 aliphatic carbocycles. The van der Waals surface area contributed by atoms with Gasteiger partial charge in [-0.15, -0.1) is 11.3 Å².